The molecule has 4 heterocycles. The standard InChI is InChI=1S/C48H74N4O25S/c1-5-6-7-8-9-10-11-12-13-17-67-27-16-14-15-26(18-27)44(64)52-33-37(60)36(59)28(19-53)70-46(33)73-41-29(20-54)71-47(34(39(41)62)50-24(3)57)74-42-30(21-55)72-48(35(40(42)63)51-25(4)58)75-43-31(22-68-78-77-76-66)69-45(65)32(38(43)61)49-23(2)56/h14-16,18,28-43,45-48,53-55,59-63,65-66H,5-9,12-13,17,19-22H2,1-4H3,(H,49,56)(H,50,57)(H,51,58)(H,52,64)/t28?,29-,30?,31-,32?,33-,34?,35-,36+,37-,38?,39?,40-,41-,42?,43-,45?,46?,47?,48+/m1/s1. The van der Waals surface area contributed by atoms with Gasteiger partial charge >= 0.3 is 0 Å². The topological polar surface area (TPSA) is 420 Å². The Morgan fingerprint density at radius 1 is 0.603 bits per heavy atom. The first-order chi connectivity index (χ1) is 37.4. The van der Waals surface area contributed by atoms with Crippen LogP contribution in [0.3, 0.4) is 0 Å². The number of ether oxygens (including phenoxy) is 8. The maximum Gasteiger partial charge on any atom is 0.251 e. The molecule has 4 aliphatic rings. The number of rotatable bonds is 27. The van der Waals surface area contributed by atoms with E-state index in [-0.39, 0.29) is 17.9 Å². The molecular formula is C48H74N4O25S. The minimum absolute atomic E-state index is 0.0588. The smallest absolute Gasteiger partial charge is 0.251 e. The number of benzene rings is 1. The molecule has 0 aliphatic carbocycles. The van der Waals surface area contributed by atoms with Gasteiger partial charge in [0.1, 0.15) is 103 Å². The minimum Gasteiger partial charge on any atom is -0.494 e. The van der Waals surface area contributed by atoms with Crippen molar-refractivity contribution in [1.82, 2.24) is 21.3 Å². The van der Waals surface area contributed by atoms with Gasteiger partial charge in [0.25, 0.3) is 5.91 Å². The van der Waals surface area contributed by atoms with Crippen LogP contribution in [0.4, 0.5) is 0 Å². The highest BCUT2D eigenvalue weighted by Gasteiger charge is 2.56. The molecular weight excluding hydrogens is 1060 g/mol. The molecule has 30 heteroatoms. The Hall–Kier alpha value is -3.99. The number of nitrogens with one attached hydrogen (secondary N) is 4. The van der Waals surface area contributed by atoms with Crippen molar-refractivity contribution in [2.75, 3.05) is 33.0 Å². The van der Waals surface area contributed by atoms with Crippen LogP contribution >= 0.6 is 12.3 Å². The first-order valence-electron chi connectivity index (χ1n) is 25.4. The van der Waals surface area contributed by atoms with Gasteiger partial charge in [-0.15, -0.1) is 16.2 Å². The van der Waals surface area contributed by atoms with Crippen LogP contribution in [0, 0.1) is 11.8 Å². The van der Waals surface area contributed by atoms with Gasteiger partial charge in [-0.2, -0.15) is 0 Å². The minimum atomic E-state index is -1.96. The fraction of sp³-hybridized carbons (Fsp3) is 0.750. The zero-order chi connectivity index (χ0) is 57.1. The monoisotopic (exact) mass is 1140 g/mol. The second-order valence-corrected chi connectivity index (χ2v) is 19.3. The molecule has 0 radical (unpaired) electrons. The van der Waals surface area contributed by atoms with Gasteiger partial charge in [0, 0.05) is 39.2 Å². The zero-order valence-electron chi connectivity index (χ0n) is 43.3. The van der Waals surface area contributed by atoms with Gasteiger partial charge in [0.05, 0.1) is 33.0 Å². The summed E-state index contributed by atoms with van der Waals surface area (Å²) >= 11 is 0.107. The van der Waals surface area contributed by atoms with Gasteiger partial charge in [0.2, 0.25) is 17.7 Å². The van der Waals surface area contributed by atoms with E-state index in [2.05, 4.69) is 49.4 Å². The van der Waals surface area contributed by atoms with E-state index in [4.69, 9.17) is 47.3 Å². The number of hydrogen-bond acceptors (Lipinski definition) is 26. The van der Waals surface area contributed by atoms with E-state index in [0.29, 0.717) is 25.2 Å². The second kappa shape index (κ2) is 32.5. The highest BCUT2D eigenvalue weighted by molar-refractivity contribution is 7.89. The van der Waals surface area contributed by atoms with E-state index < -0.39 is 173 Å². The summed E-state index contributed by atoms with van der Waals surface area (Å²) in [7, 11) is 0. The largest absolute Gasteiger partial charge is 0.494 e. The van der Waals surface area contributed by atoms with Crippen molar-refractivity contribution in [1.29, 1.82) is 0 Å². The molecule has 1 aromatic rings. The molecule has 0 spiro atoms. The number of amides is 4. The Morgan fingerprint density at radius 2 is 1.10 bits per heavy atom. The number of aliphatic hydroxyl groups is 9. The number of hydrogen-bond donors (Lipinski definition) is 14. The second-order valence-electron chi connectivity index (χ2n) is 18.8. The molecule has 4 aliphatic heterocycles. The van der Waals surface area contributed by atoms with E-state index in [9.17, 15) is 65.1 Å². The van der Waals surface area contributed by atoms with Gasteiger partial charge in [-0.1, -0.05) is 37.3 Å². The average molecular weight is 1140 g/mol. The molecule has 29 nitrogen and oxygen atoms in total. The molecule has 0 saturated carbocycles. The highest BCUT2D eigenvalue weighted by atomic mass is 32.2. The molecule has 14 N–H and O–H groups in total. The van der Waals surface area contributed by atoms with Crippen LogP contribution < -0.4 is 26.0 Å². The normalized spacial score (nSPS) is 34.9. The molecule has 5 rings (SSSR count). The van der Waals surface area contributed by atoms with Crippen LogP contribution in [-0.4, -0.2) is 230 Å². The Kier molecular flexibility index (Phi) is 27.0. The predicted octanol–water partition coefficient (Wildman–Crippen LogP) is -3.74. The first-order valence-corrected chi connectivity index (χ1v) is 26.1. The van der Waals surface area contributed by atoms with Gasteiger partial charge in [-0.25, -0.2) is 5.26 Å². The third-order valence-corrected chi connectivity index (χ3v) is 13.3. The first kappa shape index (κ1) is 64.8. The Morgan fingerprint density at radius 3 is 1.63 bits per heavy atom. The summed E-state index contributed by atoms with van der Waals surface area (Å²) in [5, 5.41) is 122. The Labute approximate surface area is 453 Å². The number of aliphatic hydroxyl groups excluding tert-OH is 9. The third kappa shape index (κ3) is 18.0. The number of carbonyl (C=O) groups excluding carboxylic acids is 4. The van der Waals surface area contributed by atoms with Crippen LogP contribution in [-0.2, 0) is 61.1 Å². The quantitative estimate of drug-likeness (QED) is 0.0132. The molecule has 0 aromatic heterocycles. The van der Waals surface area contributed by atoms with Gasteiger partial charge < -0.3 is 105 Å². The van der Waals surface area contributed by atoms with E-state index in [1.54, 1.807) is 12.1 Å². The lowest BCUT2D eigenvalue weighted by Crippen LogP contribution is -2.71. The van der Waals surface area contributed by atoms with Crippen LogP contribution in [0.25, 0.3) is 0 Å². The lowest BCUT2D eigenvalue weighted by Gasteiger charge is -2.51. The average Bonchev–Trinajstić information content (AvgIpc) is 3.42. The fourth-order valence-electron chi connectivity index (χ4n) is 9.18. The van der Waals surface area contributed by atoms with Crippen molar-refractivity contribution in [3.05, 3.63) is 29.8 Å². The van der Waals surface area contributed by atoms with Crippen LogP contribution in [0.2, 0.25) is 0 Å². The summed E-state index contributed by atoms with van der Waals surface area (Å²) in [4.78, 5) is 51.2. The molecule has 20 atom stereocenters. The lowest BCUT2D eigenvalue weighted by atomic mass is 9.93. The Bertz CT molecular complexity index is 2100. The molecule has 10 unspecified atom stereocenters. The van der Waals surface area contributed by atoms with Crippen molar-refractivity contribution in [2.24, 2.45) is 0 Å². The maximum absolute atomic E-state index is 13.8. The number of carbonyl (C=O) groups is 4. The third-order valence-electron chi connectivity index (χ3n) is 13.0. The van der Waals surface area contributed by atoms with E-state index in [0.717, 1.165) is 46.5 Å². The van der Waals surface area contributed by atoms with Crippen LogP contribution in [0.15, 0.2) is 24.3 Å². The zero-order valence-corrected chi connectivity index (χ0v) is 44.2. The SMILES string of the molecule is CCCCCCC#CCCCOc1cccc(C(=O)N[C@H]2C(O[C@H]3C(O)C(NC(C)=O)C(OC4C(CO)O[C@@H](O[C@H]5C(O)C(NC(C)=O)C(O)O[C@@H]5COSOOO)[C@H](NC(C)=O)[C@H]4O)O[C@@H]3CO)OC(CO)[C@H](O)[C@@H]2O)c1. The van der Waals surface area contributed by atoms with Gasteiger partial charge in [-0.3, -0.25) is 23.4 Å². The molecule has 442 valence electrons. The predicted molar refractivity (Wildman–Crippen MR) is 263 cm³/mol. The van der Waals surface area contributed by atoms with Crippen molar-refractivity contribution >= 4 is 36.0 Å². The molecule has 4 amide bonds. The van der Waals surface area contributed by atoms with E-state index in [1.165, 1.54) is 18.6 Å². The number of unbranched alkanes of at least 4 members (excludes halogenated alkanes) is 5. The van der Waals surface area contributed by atoms with Gasteiger partial charge in [-0.05, 0) is 31.0 Å². The summed E-state index contributed by atoms with van der Waals surface area (Å²) in [5.41, 5.74) is 0.0588. The molecule has 4 fully saturated rings. The Balaban J connectivity index is 1.34. The van der Waals surface area contributed by atoms with E-state index >= 15 is 0 Å². The van der Waals surface area contributed by atoms with Gasteiger partial charge in [0.15, 0.2) is 37.5 Å². The molecule has 1 aromatic carbocycles. The summed E-state index contributed by atoms with van der Waals surface area (Å²) < 4.78 is 57.1. The van der Waals surface area contributed by atoms with Crippen molar-refractivity contribution in [3.8, 4) is 17.6 Å². The molecule has 4 saturated heterocycles. The summed E-state index contributed by atoms with van der Waals surface area (Å²) in [6.45, 7) is 2.30. The lowest BCUT2D eigenvalue weighted by molar-refractivity contribution is -0.434. The summed E-state index contributed by atoms with van der Waals surface area (Å²) in [6, 6.07) is -0.421. The molecule has 0 bridgehead atoms. The molecule has 78 heavy (non-hydrogen) atoms. The van der Waals surface area contributed by atoms with Crippen molar-refractivity contribution in [3.63, 3.8) is 0 Å². The van der Waals surface area contributed by atoms with Crippen molar-refractivity contribution in [2.45, 2.75) is 195 Å². The summed E-state index contributed by atoms with van der Waals surface area (Å²) in [6.07, 6.45) is -21.6. The summed E-state index contributed by atoms with van der Waals surface area (Å²) in [5.74, 6) is 3.60. The fourth-order valence-corrected chi connectivity index (χ4v) is 9.43. The van der Waals surface area contributed by atoms with Crippen molar-refractivity contribution < 1.29 is 122 Å². The highest BCUT2D eigenvalue weighted by Crippen LogP contribution is 2.35. The van der Waals surface area contributed by atoms with Crippen LogP contribution in [0.1, 0.15) is 83.0 Å². The maximum atomic E-state index is 13.8. The van der Waals surface area contributed by atoms with Crippen LogP contribution in [0.5, 0.6) is 5.75 Å². The van der Waals surface area contributed by atoms with E-state index in [1.807, 2.05) is 0 Å².